The summed E-state index contributed by atoms with van der Waals surface area (Å²) in [7, 11) is 0. The van der Waals surface area contributed by atoms with Gasteiger partial charge < -0.3 is 9.73 Å². The van der Waals surface area contributed by atoms with Crippen LogP contribution in [0.1, 0.15) is 5.56 Å². The summed E-state index contributed by atoms with van der Waals surface area (Å²) in [6, 6.07) is 7.62. The standard InChI is InChI=1S/C14H11N5O4S2/c1-8-2-4-9(5-3-8)12-17-18-14(23-12)24-7-10(20)16-13-15-6-11(25-13)19(21)22/h2-6H,7H2,1H3,(H,15,16,20). The number of carbonyl (C=O) groups is 1. The lowest BCUT2D eigenvalue weighted by molar-refractivity contribution is -0.380. The van der Waals surface area contributed by atoms with E-state index in [1.165, 1.54) is 0 Å². The molecule has 0 saturated heterocycles. The van der Waals surface area contributed by atoms with Crippen LogP contribution in [0.4, 0.5) is 10.1 Å². The van der Waals surface area contributed by atoms with Crippen molar-refractivity contribution in [1.29, 1.82) is 0 Å². The first-order chi connectivity index (χ1) is 12.0. The van der Waals surface area contributed by atoms with Gasteiger partial charge in [0.1, 0.15) is 6.20 Å². The van der Waals surface area contributed by atoms with E-state index in [2.05, 4.69) is 20.5 Å². The minimum atomic E-state index is -0.562. The van der Waals surface area contributed by atoms with Gasteiger partial charge in [-0.3, -0.25) is 14.9 Å². The van der Waals surface area contributed by atoms with Gasteiger partial charge in [-0.15, -0.1) is 10.2 Å². The molecule has 0 saturated carbocycles. The Labute approximate surface area is 149 Å². The number of thioether (sulfide) groups is 1. The average molecular weight is 377 g/mol. The number of thiazole rings is 1. The van der Waals surface area contributed by atoms with Gasteiger partial charge in [0.2, 0.25) is 11.8 Å². The number of hydrogen-bond acceptors (Lipinski definition) is 9. The fraction of sp³-hybridized carbons (Fsp3) is 0.143. The van der Waals surface area contributed by atoms with Crippen LogP contribution in [0, 0.1) is 17.0 Å². The fourth-order valence-electron chi connectivity index (χ4n) is 1.77. The van der Waals surface area contributed by atoms with Crippen molar-refractivity contribution in [2.75, 3.05) is 11.1 Å². The Hall–Kier alpha value is -2.79. The van der Waals surface area contributed by atoms with E-state index >= 15 is 0 Å². The molecule has 1 N–H and O–H groups in total. The quantitative estimate of drug-likeness (QED) is 0.395. The molecule has 11 heteroatoms. The molecule has 0 radical (unpaired) electrons. The van der Waals surface area contributed by atoms with Crippen molar-refractivity contribution < 1.29 is 14.1 Å². The second-order valence-corrected chi connectivity index (χ2v) is 6.77. The Bertz CT molecular complexity index is 906. The lowest BCUT2D eigenvalue weighted by Gasteiger charge is -1.98. The second kappa shape index (κ2) is 7.40. The molecule has 2 heterocycles. The van der Waals surface area contributed by atoms with Crippen molar-refractivity contribution >= 4 is 39.1 Å². The van der Waals surface area contributed by atoms with E-state index in [4.69, 9.17) is 4.42 Å². The molecule has 0 atom stereocenters. The molecule has 9 nitrogen and oxygen atoms in total. The van der Waals surface area contributed by atoms with Crippen molar-refractivity contribution in [2.24, 2.45) is 0 Å². The zero-order chi connectivity index (χ0) is 17.8. The number of nitro groups is 1. The van der Waals surface area contributed by atoms with E-state index in [1.807, 2.05) is 31.2 Å². The molecule has 0 aliphatic heterocycles. The summed E-state index contributed by atoms with van der Waals surface area (Å²) in [4.78, 5) is 25.6. The number of hydrogen-bond donors (Lipinski definition) is 1. The van der Waals surface area contributed by atoms with E-state index in [1.54, 1.807) is 0 Å². The summed E-state index contributed by atoms with van der Waals surface area (Å²) in [5.74, 6) is 0.0194. The summed E-state index contributed by atoms with van der Waals surface area (Å²) in [6.45, 7) is 1.98. The minimum Gasteiger partial charge on any atom is -0.411 e. The summed E-state index contributed by atoms with van der Waals surface area (Å²) in [5.41, 5.74) is 1.92. The summed E-state index contributed by atoms with van der Waals surface area (Å²) < 4.78 is 5.50. The normalized spacial score (nSPS) is 10.6. The molecular weight excluding hydrogens is 366 g/mol. The van der Waals surface area contributed by atoms with Crippen molar-refractivity contribution in [3.8, 4) is 11.5 Å². The van der Waals surface area contributed by atoms with Crippen LogP contribution < -0.4 is 5.32 Å². The maximum absolute atomic E-state index is 11.9. The SMILES string of the molecule is Cc1ccc(-c2nnc(SCC(=O)Nc3ncc([N+](=O)[O-])s3)o2)cc1. The summed E-state index contributed by atoms with van der Waals surface area (Å²) >= 11 is 1.86. The first-order valence-corrected chi connectivity index (χ1v) is 8.75. The van der Waals surface area contributed by atoms with Crippen molar-refractivity contribution in [2.45, 2.75) is 12.1 Å². The molecule has 0 unspecified atom stereocenters. The molecule has 0 spiro atoms. The topological polar surface area (TPSA) is 124 Å². The average Bonchev–Trinajstić information content (AvgIpc) is 3.23. The number of aromatic nitrogens is 3. The molecule has 0 fully saturated rings. The van der Waals surface area contributed by atoms with Gasteiger partial charge in [0, 0.05) is 5.56 Å². The lowest BCUT2D eigenvalue weighted by atomic mass is 10.1. The lowest BCUT2D eigenvalue weighted by Crippen LogP contribution is -2.13. The molecule has 0 aliphatic carbocycles. The number of benzene rings is 1. The minimum absolute atomic E-state index is 0.0168. The Kier molecular flexibility index (Phi) is 5.05. The highest BCUT2D eigenvalue weighted by atomic mass is 32.2. The number of aryl methyl sites for hydroxylation is 1. The Morgan fingerprint density at radius 1 is 1.36 bits per heavy atom. The molecule has 2 aromatic heterocycles. The predicted molar refractivity (Wildman–Crippen MR) is 92.6 cm³/mol. The second-order valence-electron chi connectivity index (χ2n) is 4.84. The van der Waals surface area contributed by atoms with Crippen LogP contribution in [0.3, 0.4) is 0 Å². The van der Waals surface area contributed by atoms with Gasteiger partial charge in [0.25, 0.3) is 5.22 Å². The monoisotopic (exact) mass is 377 g/mol. The first kappa shape index (κ1) is 17.0. The highest BCUT2D eigenvalue weighted by Gasteiger charge is 2.15. The van der Waals surface area contributed by atoms with Crippen LogP contribution in [0.5, 0.6) is 0 Å². The van der Waals surface area contributed by atoms with E-state index < -0.39 is 4.92 Å². The van der Waals surface area contributed by atoms with E-state index in [0.717, 1.165) is 40.4 Å². The zero-order valence-corrected chi connectivity index (χ0v) is 14.5. The molecule has 128 valence electrons. The fourth-order valence-corrected chi connectivity index (χ4v) is 2.98. The Morgan fingerprint density at radius 3 is 2.80 bits per heavy atom. The smallest absolute Gasteiger partial charge is 0.345 e. The van der Waals surface area contributed by atoms with Gasteiger partial charge in [-0.2, -0.15) is 0 Å². The number of carbonyl (C=O) groups excluding carboxylic acids is 1. The van der Waals surface area contributed by atoms with Crippen LogP contribution in [-0.4, -0.2) is 31.8 Å². The molecule has 25 heavy (non-hydrogen) atoms. The molecule has 1 amide bonds. The van der Waals surface area contributed by atoms with Gasteiger partial charge in [-0.1, -0.05) is 29.5 Å². The van der Waals surface area contributed by atoms with Gasteiger partial charge in [-0.25, -0.2) is 4.98 Å². The van der Waals surface area contributed by atoms with Gasteiger partial charge in [-0.05, 0) is 30.4 Å². The zero-order valence-electron chi connectivity index (χ0n) is 12.8. The van der Waals surface area contributed by atoms with Crippen LogP contribution in [-0.2, 0) is 4.79 Å². The van der Waals surface area contributed by atoms with Crippen LogP contribution in [0.15, 0.2) is 40.1 Å². The van der Waals surface area contributed by atoms with E-state index in [-0.39, 0.29) is 27.0 Å². The summed E-state index contributed by atoms with van der Waals surface area (Å²) in [5, 5.41) is 21.2. The van der Waals surface area contributed by atoms with Crippen LogP contribution >= 0.6 is 23.1 Å². The van der Waals surface area contributed by atoms with E-state index in [9.17, 15) is 14.9 Å². The van der Waals surface area contributed by atoms with E-state index in [0.29, 0.717) is 5.89 Å². The van der Waals surface area contributed by atoms with Crippen molar-refractivity contribution in [1.82, 2.24) is 15.2 Å². The summed E-state index contributed by atoms with van der Waals surface area (Å²) in [6.07, 6.45) is 1.10. The molecule has 0 aliphatic rings. The van der Waals surface area contributed by atoms with Crippen molar-refractivity contribution in [3.63, 3.8) is 0 Å². The molecule has 3 rings (SSSR count). The Balaban J connectivity index is 1.55. The first-order valence-electron chi connectivity index (χ1n) is 6.94. The molecular formula is C14H11N5O4S2. The third-order valence-electron chi connectivity index (χ3n) is 2.95. The number of anilines is 1. The Morgan fingerprint density at radius 2 is 2.12 bits per heavy atom. The largest absolute Gasteiger partial charge is 0.411 e. The maximum atomic E-state index is 11.9. The highest BCUT2D eigenvalue weighted by molar-refractivity contribution is 7.99. The third-order valence-corrected chi connectivity index (χ3v) is 4.63. The van der Waals surface area contributed by atoms with Crippen molar-refractivity contribution in [3.05, 3.63) is 46.1 Å². The predicted octanol–water partition coefficient (Wildman–Crippen LogP) is 3.14. The van der Waals surface area contributed by atoms with Gasteiger partial charge >= 0.3 is 5.00 Å². The third kappa shape index (κ3) is 4.39. The number of nitrogens with zero attached hydrogens (tertiary/aromatic N) is 4. The van der Waals surface area contributed by atoms with Crippen LogP contribution in [0.2, 0.25) is 0 Å². The number of nitrogens with one attached hydrogen (secondary N) is 1. The van der Waals surface area contributed by atoms with Gasteiger partial charge in [0.05, 0.1) is 10.7 Å². The number of amides is 1. The molecule has 3 aromatic rings. The molecule has 1 aromatic carbocycles. The molecule has 0 bridgehead atoms. The maximum Gasteiger partial charge on any atom is 0.345 e. The van der Waals surface area contributed by atoms with Crippen LogP contribution in [0.25, 0.3) is 11.5 Å². The number of rotatable bonds is 6. The van der Waals surface area contributed by atoms with Gasteiger partial charge in [0.15, 0.2) is 5.13 Å². The highest BCUT2D eigenvalue weighted by Crippen LogP contribution is 2.26.